The Labute approximate surface area is 166 Å². The van der Waals surface area contributed by atoms with Crippen LogP contribution in [-0.2, 0) is 4.79 Å². The van der Waals surface area contributed by atoms with E-state index >= 15 is 0 Å². The molecule has 0 amide bonds. The normalized spacial score (nSPS) is 16.5. The molecular formula is C22H28N2O4. The number of benzene rings is 1. The predicted molar refractivity (Wildman–Crippen MR) is 107 cm³/mol. The highest BCUT2D eigenvalue weighted by Crippen LogP contribution is 2.36. The second-order valence-corrected chi connectivity index (χ2v) is 7.15. The molecule has 1 aromatic carbocycles. The van der Waals surface area contributed by atoms with Crippen molar-refractivity contribution in [1.29, 1.82) is 0 Å². The lowest BCUT2D eigenvalue weighted by atomic mass is 9.93. The fourth-order valence-electron chi connectivity index (χ4n) is 3.74. The van der Waals surface area contributed by atoms with Crippen LogP contribution >= 0.6 is 0 Å². The van der Waals surface area contributed by atoms with E-state index in [1.807, 2.05) is 44.3 Å². The average Bonchev–Trinajstić information content (AvgIpc) is 2.71. The van der Waals surface area contributed by atoms with E-state index in [-0.39, 0.29) is 12.0 Å². The number of aryl methyl sites for hydroxylation is 1. The van der Waals surface area contributed by atoms with Crippen LogP contribution in [0.2, 0.25) is 0 Å². The number of aromatic nitrogens is 1. The van der Waals surface area contributed by atoms with E-state index in [1.165, 1.54) is 0 Å². The number of carboxylic acids is 1. The summed E-state index contributed by atoms with van der Waals surface area (Å²) in [6.07, 6.45) is 3.16. The molecule has 2 aromatic rings. The van der Waals surface area contributed by atoms with Crippen LogP contribution in [0, 0.1) is 12.8 Å². The number of carboxylic acid groups (broad SMARTS) is 1. The van der Waals surface area contributed by atoms with Crippen molar-refractivity contribution in [2.24, 2.45) is 5.92 Å². The number of carbonyl (C=O) groups is 1. The van der Waals surface area contributed by atoms with Crippen molar-refractivity contribution in [2.45, 2.75) is 32.7 Å². The van der Waals surface area contributed by atoms with E-state index < -0.39 is 5.97 Å². The van der Waals surface area contributed by atoms with Gasteiger partial charge in [0, 0.05) is 6.20 Å². The maximum absolute atomic E-state index is 11.3. The third-order valence-electron chi connectivity index (χ3n) is 5.26. The fourth-order valence-corrected chi connectivity index (χ4v) is 3.74. The standard InChI is InChI=1S/C22H28N2O4/c1-4-28-19-8-6-17(13-20(19)27-3)21(18-7-5-15(2)14-23-18)24-11-9-16(10-12-24)22(25)26/h5-8,13-14,16,21H,4,9-12H2,1-3H3,(H,25,26). The van der Waals surface area contributed by atoms with Crippen molar-refractivity contribution in [3.8, 4) is 11.5 Å². The zero-order valence-corrected chi connectivity index (χ0v) is 16.7. The lowest BCUT2D eigenvalue weighted by molar-refractivity contribution is -0.143. The predicted octanol–water partition coefficient (Wildman–Crippen LogP) is 3.68. The van der Waals surface area contributed by atoms with Gasteiger partial charge in [0.25, 0.3) is 0 Å². The summed E-state index contributed by atoms with van der Waals surface area (Å²) in [5.41, 5.74) is 3.12. The van der Waals surface area contributed by atoms with Crippen molar-refractivity contribution < 1.29 is 19.4 Å². The molecule has 1 aliphatic heterocycles. The number of aliphatic carboxylic acids is 1. The van der Waals surface area contributed by atoms with Gasteiger partial charge in [0.2, 0.25) is 0 Å². The third-order valence-corrected chi connectivity index (χ3v) is 5.26. The molecular weight excluding hydrogens is 356 g/mol. The first-order valence-corrected chi connectivity index (χ1v) is 9.73. The first kappa shape index (κ1) is 20.1. The highest BCUT2D eigenvalue weighted by Gasteiger charge is 2.31. The Morgan fingerprint density at radius 1 is 1.25 bits per heavy atom. The largest absolute Gasteiger partial charge is 0.493 e. The molecule has 1 aliphatic rings. The Morgan fingerprint density at radius 3 is 2.57 bits per heavy atom. The zero-order chi connectivity index (χ0) is 20.1. The van der Waals surface area contributed by atoms with Gasteiger partial charge < -0.3 is 14.6 Å². The highest BCUT2D eigenvalue weighted by atomic mass is 16.5. The number of hydrogen-bond donors (Lipinski definition) is 1. The van der Waals surface area contributed by atoms with Crippen LogP contribution in [0.1, 0.15) is 42.6 Å². The molecule has 3 rings (SSSR count). The molecule has 0 bridgehead atoms. The Bertz CT molecular complexity index is 799. The summed E-state index contributed by atoms with van der Waals surface area (Å²) in [4.78, 5) is 18.3. The van der Waals surface area contributed by atoms with Crippen molar-refractivity contribution in [3.05, 3.63) is 53.3 Å². The van der Waals surface area contributed by atoms with Crippen LogP contribution in [0.15, 0.2) is 36.5 Å². The van der Waals surface area contributed by atoms with Gasteiger partial charge in [0.1, 0.15) is 0 Å². The molecule has 0 radical (unpaired) electrons. The van der Waals surface area contributed by atoms with E-state index in [2.05, 4.69) is 16.0 Å². The SMILES string of the molecule is CCOc1ccc(C(c2ccc(C)cn2)N2CCC(C(=O)O)CC2)cc1OC. The fraction of sp³-hybridized carbons (Fsp3) is 0.455. The van der Waals surface area contributed by atoms with Gasteiger partial charge in [-0.1, -0.05) is 12.1 Å². The van der Waals surface area contributed by atoms with E-state index in [0.29, 0.717) is 44.0 Å². The lowest BCUT2D eigenvalue weighted by Crippen LogP contribution is -2.39. The van der Waals surface area contributed by atoms with Crippen LogP contribution in [0.25, 0.3) is 0 Å². The number of rotatable bonds is 7. The number of hydrogen-bond acceptors (Lipinski definition) is 5. The molecule has 2 heterocycles. The Kier molecular flexibility index (Phi) is 6.52. The first-order valence-electron chi connectivity index (χ1n) is 9.73. The van der Waals surface area contributed by atoms with Gasteiger partial charge in [-0.25, -0.2) is 0 Å². The molecule has 1 aromatic heterocycles. The molecule has 1 atom stereocenters. The molecule has 1 fully saturated rings. The van der Waals surface area contributed by atoms with Crippen LogP contribution in [0.4, 0.5) is 0 Å². The van der Waals surface area contributed by atoms with Crippen molar-refractivity contribution in [3.63, 3.8) is 0 Å². The van der Waals surface area contributed by atoms with Gasteiger partial charge in [0.05, 0.1) is 31.4 Å². The monoisotopic (exact) mass is 384 g/mol. The second kappa shape index (κ2) is 9.06. The summed E-state index contributed by atoms with van der Waals surface area (Å²) >= 11 is 0. The van der Waals surface area contributed by atoms with Gasteiger partial charge >= 0.3 is 5.97 Å². The summed E-state index contributed by atoms with van der Waals surface area (Å²) in [7, 11) is 1.64. The van der Waals surface area contributed by atoms with Gasteiger partial charge in [-0.2, -0.15) is 0 Å². The smallest absolute Gasteiger partial charge is 0.306 e. The quantitative estimate of drug-likeness (QED) is 0.785. The maximum Gasteiger partial charge on any atom is 0.306 e. The van der Waals surface area contributed by atoms with Crippen molar-refractivity contribution >= 4 is 5.97 Å². The van der Waals surface area contributed by atoms with Crippen LogP contribution < -0.4 is 9.47 Å². The molecule has 6 heteroatoms. The van der Waals surface area contributed by atoms with E-state index in [4.69, 9.17) is 9.47 Å². The molecule has 0 spiro atoms. The minimum atomic E-state index is -0.701. The lowest BCUT2D eigenvalue weighted by Gasteiger charge is -2.36. The topological polar surface area (TPSA) is 71.9 Å². The summed E-state index contributed by atoms with van der Waals surface area (Å²) in [5.74, 6) is 0.441. The van der Waals surface area contributed by atoms with Gasteiger partial charge in [-0.15, -0.1) is 0 Å². The molecule has 0 saturated carbocycles. The summed E-state index contributed by atoms with van der Waals surface area (Å²) in [6, 6.07) is 10.0. The van der Waals surface area contributed by atoms with E-state index in [9.17, 15) is 9.90 Å². The summed E-state index contributed by atoms with van der Waals surface area (Å²) in [6.45, 7) is 5.96. The second-order valence-electron chi connectivity index (χ2n) is 7.15. The van der Waals surface area contributed by atoms with Crippen LogP contribution in [0.5, 0.6) is 11.5 Å². The van der Waals surface area contributed by atoms with E-state index in [1.54, 1.807) is 7.11 Å². The number of likely N-dealkylation sites (tertiary alicyclic amines) is 1. The number of ether oxygens (including phenoxy) is 2. The molecule has 28 heavy (non-hydrogen) atoms. The summed E-state index contributed by atoms with van der Waals surface area (Å²) in [5, 5.41) is 9.32. The average molecular weight is 384 g/mol. The maximum atomic E-state index is 11.3. The van der Waals surface area contributed by atoms with Crippen molar-refractivity contribution in [1.82, 2.24) is 9.88 Å². The number of pyridine rings is 1. The Balaban J connectivity index is 1.95. The molecule has 1 saturated heterocycles. The Morgan fingerprint density at radius 2 is 2.00 bits per heavy atom. The Hall–Kier alpha value is -2.60. The van der Waals surface area contributed by atoms with Crippen molar-refractivity contribution in [2.75, 3.05) is 26.8 Å². The minimum absolute atomic E-state index is 0.0556. The van der Waals surface area contributed by atoms with Gasteiger partial charge in [-0.3, -0.25) is 14.7 Å². The molecule has 1 unspecified atom stereocenters. The number of nitrogens with zero attached hydrogens (tertiary/aromatic N) is 2. The summed E-state index contributed by atoms with van der Waals surface area (Å²) < 4.78 is 11.2. The first-order chi connectivity index (χ1) is 13.5. The minimum Gasteiger partial charge on any atom is -0.493 e. The van der Waals surface area contributed by atoms with Crippen LogP contribution in [0.3, 0.4) is 0 Å². The molecule has 150 valence electrons. The number of piperidine rings is 1. The van der Waals surface area contributed by atoms with Gasteiger partial charge in [-0.05, 0) is 69.1 Å². The molecule has 6 nitrogen and oxygen atoms in total. The van der Waals surface area contributed by atoms with Crippen LogP contribution in [-0.4, -0.2) is 47.8 Å². The number of methoxy groups -OCH3 is 1. The third kappa shape index (κ3) is 4.44. The van der Waals surface area contributed by atoms with Gasteiger partial charge in [0.15, 0.2) is 11.5 Å². The zero-order valence-electron chi connectivity index (χ0n) is 16.7. The molecule has 0 aliphatic carbocycles. The molecule has 1 N–H and O–H groups in total. The highest BCUT2D eigenvalue weighted by molar-refractivity contribution is 5.70. The van der Waals surface area contributed by atoms with E-state index in [0.717, 1.165) is 16.8 Å².